The lowest BCUT2D eigenvalue weighted by Crippen LogP contribution is -2.23. The normalized spacial score (nSPS) is 37.2. The van der Waals surface area contributed by atoms with Crippen LogP contribution < -0.4 is 5.73 Å². The molecule has 58 valence electrons. The standard InChI is InChI=1S/C8H16N2/c1-10-5-7(4-9)8(6-10)2-3-8/h7H,2-6,9H2,1H3. The van der Waals surface area contributed by atoms with E-state index in [4.69, 9.17) is 5.73 Å². The van der Waals surface area contributed by atoms with Gasteiger partial charge in [-0.25, -0.2) is 0 Å². The van der Waals surface area contributed by atoms with Gasteiger partial charge in [0.1, 0.15) is 0 Å². The van der Waals surface area contributed by atoms with E-state index in [1.54, 1.807) is 0 Å². The first kappa shape index (κ1) is 6.62. The molecule has 2 N–H and O–H groups in total. The van der Waals surface area contributed by atoms with Crippen molar-refractivity contribution in [3.63, 3.8) is 0 Å². The van der Waals surface area contributed by atoms with Gasteiger partial charge in [0.25, 0.3) is 0 Å². The van der Waals surface area contributed by atoms with Crippen LogP contribution in [0.15, 0.2) is 0 Å². The predicted molar refractivity (Wildman–Crippen MR) is 41.7 cm³/mol. The molecule has 2 fully saturated rings. The Kier molecular flexibility index (Phi) is 1.29. The van der Waals surface area contributed by atoms with Gasteiger partial charge in [0.05, 0.1) is 0 Å². The van der Waals surface area contributed by atoms with Crippen LogP contribution >= 0.6 is 0 Å². The van der Waals surface area contributed by atoms with E-state index < -0.39 is 0 Å². The number of nitrogens with two attached hydrogens (primary N) is 1. The minimum Gasteiger partial charge on any atom is -0.330 e. The fraction of sp³-hybridized carbons (Fsp3) is 1.00. The highest BCUT2D eigenvalue weighted by Gasteiger charge is 2.53. The number of hydrogen-bond donors (Lipinski definition) is 1. The fourth-order valence-electron chi connectivity index (χ4n) is 2.35. The first-order valence-electron chi connectivity index (χ1n) is 4.15. The molecule has 1 aliphatic carbocycles. The highest BCUT2D eigenvalue weighted by Crippen LogP contribution is 2.55. The number of rotatable bonds is 1. The number of nitrogens with zero attached hydrogens (tertiary/aromatic N) is 1. The Hall–Kier alpha value is -0.0800. The summed E-state index contributed by atoms with van der Waals surface area (Å²) in [6.07, 6.45) is 2.86. The molecule has 1 atom stereocenters. The minimum absolute atomic E-state index is 0.684. The Morgan fingerprint density at radius 2 is 2.30 bits per heavy atom. The Balaban J connectivity index is 2.06. The van der Waals surface area contributed by atoms with Gasteiger partial charge >= 0.3 is 0 Å². The maximum absolute atomic E-state index is 5.68. The van der Waals surface area contributed by atoms with Crippen molar-refractivity contribution >= 4 is 0 Å². The second kappa shape index (κ2) is 1.95. The summed E-state index contributed by atoms with van der Waals surface area (Å²) in [5, 5.41) is 0. The minimum atomic E-state index is 0.684. The smallest absolute Gasteiger partial charge is 0.00387 e. The van der Waals surface area contributed by atoms with Gasteiger partial charge < -0.3 is 10.6 Å². The summed E-state index contributed by atoms with van der Waals surface area (Å²) in [7, 11) is 2.20. The van der Waals surface area contributed by atoms with Crippen LogP contribution in [0.5, 0.6) is 0 Å². The van der Waals surface area contributed by atoms with Crippen LogP contribution in [0, 0.1) is 11.3 Å². The van der Waals surface area contributed by atoms with Crippen LogP contribution in [0.2, 0.25) is 0 Å². The summed E-state index contributed by atoms with van der Waals surface area (Å²) in [6, 6.07) is 0. The third kappa shape index (κ3) is 0.789. The molecule has 0 aromatic rings. The Morgan fingerprint density at radius 1 is 1.60 bits per heavy atom. The molecule has 1 heterocycles. The van der Waals surface area contributed by atoms with E-state index in [-0.39, 0.29) is 0 Å². The molecule has 10 heavy (non-hydrogen) atoms. The third-order valence-corrected chi connectivity index (χ3v) is 3.16. The van der Waals surface area contributed by atoms with Gasteiger partial charge in [-0.1, -0.05) is 0 Å². The van der Waals surface area contributed by atoms with Gasteiger partial charge in [0.15, 0.2) is 0 Å². The molecule has 0 amide bonds. The Labute approximate surface area is 62.4 Å². The zero-order chi connectivity index (χ0) is 7.19. The third-order valence-electron chi connectivity index (χ3n) is 3.16. The Morgan fingerprint density at radius 3 is 2.70 bits per heavy atom. The molecule has 2 aliphatic rings. The molecule has 0 aromatic carbocycles. The van der Waals surface area contributed by atoms with Gasteiger partial charge in [0.2, 0.25) is 0 Å². The van der Waals surface area contributed by atoms with Crippen molar-refractivity contribution in [2.45, 2.75) is 12.8 Å². The molecule has 1 spiro atoms. The molecule has 0 bridgehead atoms. The summed E-state index contributed by atoms with van der Waals surface area (Å²) in [5.74, 6) is 0.803. The van der Waals surface area contributed by atoms with Gasteiger partial charge in [-0.15, -0.1) is 0 Å². The molecule has 2 rings (SSSR count). The molecule has 2 nitrogen and oxygen atoms in total. The summed E-state index contributed by atoms with van der Waals surface area (Å²) >= 11 is 0. The molecule has 1 unspecified atom stereocenters. The van der Waals surface area contributed by atoms with Crippen molar-refractivity contribution in [2.24, 2.45) is 17.1 Å². The predicted octanol–water partition coefficient (Wildman–Crippen LogP) is 0.287. The maximum atomic E-state index is 5.68. The molecular weight excluding hydrogens is 124 g/mol. The van der Waals surface area contributed by atoms with E-state index in [1.165, 1.54) is 25.9 Å². The van der Waals surface area contributed by atoms with Crippen molar-refractivity contribution in [3.05, 3.63) is 0 Å². The lowest BCUT2D eigenvalue weighted by atomic mass is 9.93. The van der Waals surface area contributed by atoms with Crippen molar-refractivity contribution in [1.82, 2.24) is 4.90 Å². The van der Waals surface area contributed by atoms with Crippen molar-refractivity contribution in [2.75, 3.05) is 26.7 Å². The van der Waals surface area contributed by atoms with Gasteiger partial charge in [-0.2, -0.15) is 0 Å². The molecular formula is C8H16N2. The topological polar surface area (TPSA) is 29.3 Å². The lowest BCUT2D eigenvalue weighted by molar-refractivity contribution is 0.388. The zero-order valence-electron chi connectivity index (χ0n) is 6.64. The lowest BCUT2D eigenvalue weighted by Gasteiger charge is -2.12. The quantitative estimate of drug-likeness (QED) is 0.567. The van der Waals surface area contributed by atoms with Crippen LogP contribution in [0.3, 0.4) is 0 Å². The number of likely N-dealkylation sites (tertiary alicyclic amines) is 1. The molecule has 1 saturated carbocycles. The zero-order valence-corrected chi connectivity index (χ0v) is 6.64. The second-order valence-corrected chi connectivity index (χ2v) is 3.99. The van der Waals surface area contributed by atoms with Gasteiger partial charge in [0, 0.05) is 13.1 Å². The molecule has 1 aliphatic heterocycles. The summed E-state index contributed by atoms with van der Waals surface area (Å²) < 4.78 is 0. The largest absolute Gasteiger partial charge is 0.330 e. The van der Waals surface area contributed by atoms with Crippen LogP contribution in [-0.4, -0.2) is 31.6 Å². The van der Waals surface area contributed by atoms with Crippen LogP contribution in [0.1, 0.15) is 12.8 Å². The van der Waals surface area contributed by atoms with Gasteiger partial charge in [-0.05, 0) is 37.8 Å². The molecule has 2 heteroatoms. The van der Waals surface area contributed by atoms with Crippen molar-refractivity contribution in [3.8, 4) is 0 Å². The fourth-order valence-corrected chi connectivity index (χ4v) is 2.35. The van der Waals surface area contributed by atoms with Gasteiger partial charge in [-0.3, -0.25) is 0 Å². The van der Waals surface area contributed by atoms with Crippen molar-refractivity contribution < 1.29 is 0 Å². The monoisotopic (exact) mass is 140 g/mol. The highest BCUT2D eigenvalue weighted by molar-refractivity contribution is 5.05. The summed E-state index contributed by atoms with van der Waals surface area (Å²) in [5.41, 5.74) is 6.37. The highest BCUT2D eigenvalue weighted by atomic mass is 15.2. The average molecular weight is 140 g/mol. The number of hydrogen-bond acceptors (Lipinski definition) is 2. The van der Waals surface area contributed by atoms with E-state index in [0.717, 1.165) is 12.5 Å². The van der Waals surface area contributed by atoms with Crippen molar-refractivity contribution in [1.29, 1.82) is 0 Å². The summed E-state index contributed by atoms with van der Waals surface area (Å²) in [6.45, 7) is 3.43. The first-order chi connectivity index (χ1) is 4.77. The second-order valence-electron chi connectivity index (χ2n) is 3.99. The van der Waals surface area contributed by atoms with E-state index >= 15 is 0 Å². The van der Waals surface area contributed by atoms with E-state index in [9.17, 15) is 0 Å². The first-order valence-corrected chi connectivity index (χ1v) is 4.15. The molecule has 0 aromatic heterocycles. The summed E-state index contributed by atoms with van der Waals surface area (Å²) in [4.78, 5) is 2.42. The Bertz CT molecular complexity index is 140. The average Bonchev–Trinajstić information content (AvgIpc) is 2.55. The van der Waals surface area contributed by atoms with E-state index in [1.807, 2.05) is 0 Å². The van der Waals surface area contributed by atoms with E-state index in [0.29, 0.717) is 5.41 Å². The van der Waals surface area contributed by atoms with Crippen LogP contribution in [-0.2, 0) is 0 Å². The molecule has 1 saturated heterocycles. The maximum Gasteiger partial charge on any atom is 0.00387 e. The molecule has 0 radical (unpaired) electrons. The SMILES string of the molecule is CN1CC(CN)C2(CC2)C1. The van der Waals surface area contributed by atoms with Crippen LogP contribution in [0.4, 0.5) is 0 Å². The van der Waals surface area contributed by atoms with E-state index in [2.05, 4.69) is 11.9 Å². The van der Waals surface area contributed by atoms with Crippen LogP contribution in [0.25, 0.3) is 0 Å².